The Bertz CT molecular complexity index is 901. The second kappa shape index (κ2) is 8.74. The van der Waals surface area contributed by atoms with Crippen LogP contribution in [-0.4, -0.2) is 24.0 Å². The van der Waals surface area contributed by atoms with Crippen molar-refractivity contribution in [3.05, 3.63) is 54.1 Å². The van der Waals surface area contributed by atoms with Crippen LogP contribution in [0.4, 0.5) is 10.8 Å². The number of piperidine rings is 1. The van der Waals surface area contributed by atoms with Crippen LogP contribution < -0.4 is 10.2 Å². The van der Waals surface area contributed by atoms with Gasteiger partial charge in [-0.3, -0.25) is 4.79 Å². The number of thiazole rings is 1. The highest BCUT2D eigenvalue weighted by Gasteiger charge is 2.27. The van der Waals surface area contributed by atoms with Crippen molar-refractivity contribution in [2.45, 2.75) is 39.0 Å². The van der Waals surface area contributed by atoms with Gasteiger partial charge in [-0.05, 0) is 55.5 Å². The standard InChI is InChI=1S/C23H27N3OS/c1-2-3-7-17-11-13-19(14-12-17)24-22(27)18-8-6-15-26(16-18)23-25-20-9-4-5-10-21(20)28-23/h4-5,9-14,18H,2-3,6-8,15-16H2,1H3,(H,24,27). The topological polar surface area (TPSA) is 45.2 Å². The van der Waals surface area contributed by atoms with Crippen molar-refractivity contribution in [3.8, 4) is 0 Å². The van der Waals surface area contributed by atoms with E-state index in [2.05, 4.69) is 35.3 Å². The summed E-state index contributed by atoms with van der Waals surface area (Å²) >= 11 is 1.71. The number of rotatable bonds is 6. The maximum atomic E-state index is 12.8. The van der Waals surface area contributed by atoms with Gasteiger partial charge in [0.1, 0.15) is 0 Å². The molecule has 3 aromatic rings. The van der Waals surface area contributed by atoms with Gasteiger partial charge in [0, 0.05) is 18.8 Å². The van der Waals surface area contributed by atoms with Gasteiger partial charge >= 0.3 is 0 Å². The fourth-order valence-electron chi connectivity index (χ4n) is 3.74. The van der Waals surface area contributed by atoms with Crippen LogP contribution in [0, 0.1) is 5.92 Å². The molecule has 4 rings (SSSR count). The van der Waals surface area contributed by atoms with Crippen molar-refractivity contribution in [3.63, 3.8) is 0 Å². The summed E-state index contributed by atoms with van der Waals surface area (Å²) in [5, 5.41) is 4.14. The molecule has 146 valence electrons. The van der Waals surface area contributed by atoms with Crippen molar-refractivity contribution >= 4 is 38.3 Å². The number of nitrogens with one attached hydrogen (secondary N) is 1. The summed E-state index contributed by atoms with van der Waals surface area (Å²) in [6, 6.07) is 16.5. The van der Waals surface area contributed by atoms with Gasteiger partial charge in [0.05, 0.1) is 16.1 Å². The molecule has 1 N–H and O–H groups in total. The van der Waals surface area contributed by atoms with E-state index in [1.165, 1.54) is 23.1 Å². The molecule has 0 radical (unpaired) electrons. The van der Waals surface area contributed by atoms with Gasteiger partial charge in [-0.2, -0.15) is 0 Å². The van der Waals surface area contributed by atoms with E-state index in [4.69, 9.17) is 4.98 Å². The highest BCUT2D eigenvalue weighted by molar-refractivity contribution is 7.22. The molecule has 28 heavy (non-hydrogen) atoms. The fourth-order valence-corrected chi connectivity index (χ4v) is 4.74. The molecule has 1 amide bonds. The first-order valence-corrected chi connectivity index (χ1v) is 11.0. The molecule has 5 heteroatoms. The lowest BCUT2D eigenvalue weighted by Gasteiger charge is -2.31. The number of carbonyl (C=O) groups excluding carboxylic acids is 1. The Morgan fingerprint density at radius 2 is 2.04 bits per heavy atom. The highest BCUT2D eigenvalue weighted by atomic mass is 32.1. The SMILES string of the molecule is CCCCc1ccc(NC(=O)C2CCCN(c3nc4ccccc4s3)C2)cc1. The summed E-state index contributed by atoms with van der Waals surface area (Å²) in [7, 11) is 0. The number of aromatic nitrogens is 1. The number of nitrogens with zero attached hydrogens (tertiary/aromatic N) is 2. The first kappa shape index (κ1) is 18.9. The lowest BCUT2D eigenvalue weighted by atomic mass is 9.97. The van der Waals surface area contributed by atoms with Crippen LogP contribution in [-0.2, 0) is 11.2 Å². The van der Waals surface area contributed by atoms with E-state index in [-0.39, 0.29) is 11.8 Å². The molecule has 2 heterocycles. The maximum absolute atomic E-state index is 12.8. The van der Waals surface area contributed by atoms with Gasteiger partial charge in [0.25, 0.3) is 0 Å². The van der Waals surface area contributed by atoms with Gasteiger partial charge in [-0.1, -0.05) is 48.9 Å². The van der Waals surface area contributed by atoms with Gasteiger partial charge in [0.2, 0.25) is 5.91 Å². The second-order valence-electron chi connectivity index (χ2n) is 7.54. The van der Waals surface area contributed by atoms with Gasteiger partial charge in [-0.25, -0.2) is 4.98 Å². The summed E-state index contributed by atoms with van der Waals surface area (Å²) in [6.07, 6.45) is 5.46. The minimum Gasteiger partial charge on any atom is -0.347 e. The van der Waals surface area contributed by atoms with E-state index < -0.39 is 0 Å². The third kappa shape index (κ3) is 4.36. The molecule has 1 aliphatic rings. The van der Waals surface area contributed by atoms with Crippen LogP contribution in [0.15, 0.2) is 48.5 Å². The first-order valence-electron chi connectivity index (χ1n) is 10.2. The molecule has 1 aromatic heterocycles. The van der Waals surface area contributed by atoms with E-state index in [1.807, 2.05) is 30.3 Å². The largest absolute Gasteiger partial charge is 0.347 e. The molecule has 4 nitrogen and oxygen atoms in total. The molecule has 0 spiro atoms. The predicted molar refractivity (Wildman–Crippen MR) is 118 cm³/mol. The molecule has 0 saturated carbocycles. The zero-order valence-corrected chi connectivity index (χ0v) is 17.2. The maximum Gasteiger partial charge on any atom is 0.229 e. The third-order valence-corrected chi connectivity index (χ3v) is 6.48. The first-order chi connectivity index (χ1) is 13.7. The van der Waals surface area contributed by atoms with Crippen LogP contribution in [0.2, 0.25) is 0 Å². The summed E-state index contributed by atoms with van der Waals surface area (Å²) < 4.78 is 1.20. The van der Waals surface area contributed by atoms with Crippen molar-refractivity contribution in [2.24, 2.45) is 5.92 Å². The average molecular weight is 394 g/mol. The minimum absolute atomic E-state index is 0.000491. The lowest BCUT2D eigenvalue weighted by molar-refractivity contribution is -0.120. The van der Waals surface area contributed by atoms with Crippen molar-refractivity contribution < 1.29 is 4.79 Å². The molecule has 0 aliphatic carbocycles. The average Bonchev–Trinajstić information content (AvgIpc) is 3.18. The Morgan fingerprint density at radius 1 is 1.21 bits per heavy atom. The van der Waals surface area contributed by atoms with E-state index in [0.717, 1.165) is 48.7 Å². The van der Waals surface area contributed by atoms with Crippen LogP contribution in [0.3, 0.4) is 0 Å². The molecule has 2 aromatic carbocycles. The molecule has 1 fully saturated rings. The van der Waals surface area contributed by atoms with Gasteiger partial charge < -0.3 is 10.2 Å². The summed E-state index contributed by atoms with van der Waals surface area (Å²) in [6.45, 7) is 3.91. The number of para-hydroxylation sites is 1. The number of fused-ring (bicyclic) bond motifs is 1. The number of hydrogen-bond donors (Lipinski definition) is 1. The number of anilines is 2. The van der Waals surface area contributed by atoms with Crippen molar-refractivity contribution in [2.75, 3.05) is 23.3 Å². The Balaban J connectivity index is 1.39. The Labute approximate surface area is 170 Å². The predicted octanol–water partition coefficient (Wildman–Crippen LogP) is 5.49. The zero-order valence-electron chi connectivity index (χ0n) is 16.4. The van der Waals surface area contributed by atoms with Crippen LogP contribution in [0.5, 0.6) is 0 Å². The number of carbonyl (C=O) groups is 1. The number of aryl methyl sites for hydroxylation is 1. The van der Waals surface area contributed by atoms with E-state index in [9.17, 15) is 4.79 Å². The second-order valence-corrected chi connectivity index (χ2v) is 8.55. The molecule has 1 unspecified atom stereocenters. The molecule has 1 aliphatic heterocycles. The van der Waals surface area contributed by atoms with Crippen LogP contribution in [0.1, 0.15) is 38.2 Å². The summed E-state index contributed by atoms with van der Waals surface area (Å²) in [4.78, 5) is 19.8. The molecular weight excluding hydrogens is 366 g/mol. The summed E-state index contributed by atoms with van der Waals surface area (Å²) in [5.41, 5.74) is 3.26. The number of hydrogen-bond acceptors (Lipinski definition) is 4. The quantitative estimate of drug-likeness (QED) is 0.602. The molecular formula is C23H27N3OS. The van der Waals surface area contributed by atoms with Gasteiger partial charge in [-0.15, -0.1) is 0 Å². The van der Waals surface area contributed by atoms with E-state index >= 15 is 0 Å². The third-order valence-electron chi connectivity index (χ3n) is 5.39. The van der Waals surface area contributed by atoms with Crippen molar-refractivity contribution in [1.29, 1.82) is 0 Å². The Hall–Kier alpha value is -2.40. The van der Waals surface area contributed by atoms with E-state index in [1.54, 1.807) is 11.3 Å². The number of benzene rings is 2. The molecule has 1 atom stereocenters. The van der Waals surface area contributed by atoms with Gasteiger partial charge in [0.15, 0.2) is 5.13 Å². The Morgan fingerprint density at radius 3 is 2.82 bits per heavy atom. The zero-order chi connectivity index (χ0) is 19.3. The molecule has 1 saturated heterocycles. The Kier molecular flexibility index (Phi) is 5.91. The summed E-state index contributed by atoms with van der Waals surface area (Å²) in [5.74, 6) is 0.118. The van der Waals surface area contributed by atoms with Crippen LogP contribution in [0.25, 0.3) is 10.2 Å². The normalized spacial score (nSPS) is 17.0. The number of amides is 1. The van der Waals surface area contributed by atoms with Crippen LogP contribution >= 0.6 is 11.3 Å². The monoisotopic (exact) mass is 393 g/mol. The highest BCUT2D eigenvalue weighted by Crippen LogP contribution is 2.31. The molecule has 0 bridgehead atoms. The van der Waals surface area contributed by atoms with Crippen molar-refractivity contribution in [1.82, 2.24) is 4.98 Å². The minimum atomic E-state index is 0.000491. The fraction of sp³-hybridized carbons (Fsp3) is 0.391. The van der Waals surface area contributed by atoms with E-state index in [0.29, 0.717) is 0 Å². The number of unbranched alkanes of at least 4 members (excludes halogenated alkanes) is 1. The smallest absolute Gasteiger partial charge is 0.229 e. The lowest BCUT2D eigenvalue weighted by Crippen LogP contribution is -2.40.